The zero-order valence-electron chi connectivity index (χ0n) is 11.2. The Balaban J connectivity index is 2.16. The van der Waals surface area contributed by atoms with Crippen LogP contribution in [0.4, 0.5) is 5.69 Å². The van der Waals surface area contributed by atoms with E-state index in [4.69, 9.17) is 10.2 Å². The van der Waals surface area contributed by atoms with Crippen LogP contribution in [0, 0.1) is 13.8 Å². The van der Waals surface area contributed by atoms with Crippen LogP contribution >= 0.6 is 0 Å². The molecule has 0 amide bonds. The first kappa shape index (κ1) is 12.7. The van der Waals surface area contributed by atoms with Crippen LogP contribution in [0.2, 0.25) is 0 Å². The fraction of sp³-hybridized carbons (Fsp3) is 0.333. The van der Waals surface area contributed by atoms with E-state index >= 15 is 0 Å². The van der Waals surface area contributed by atoms with Crippen LogP contribution in [0.1, 0.15) is 22.6 Å². The molecule has 0 aliphatic rings. The molecule has 0 radical (unpaired) electrons. The third-order valence-corrected chi connectivity index (χ3v) is 3.21. The quantitative estimate of drug-likeness (QED) is 0.899. The second kappa shape index (κ2) is 5.27. The summed E-state index contributed by atoms with van der Waals surface area (Å²) < 4.78 is 5.72. The lowest BCUT2D eigenvalue weighted by Crippen LogP contribution is -2.16. The van der Waals surface area contributed by atoms with Gasteiger partial charge in [-0.1, -0.05) is 18.2 Å². The molecule has 2 rings (SSSR count). The molecule has 18 heavy (non-hydrogen) atoms. The Morgan fingerprint density at radius 1 is 1.22 bits per heavy atom. The molecule has 0 aliphatic heterocycles. The second-order valence-corrected chi connectivity index (χ2v) is 4.64. The summed E-state index contributed by atoms with van der Waals surface area (Å²) in [5.74, 6) is 1.88. The van der Waals surface area contributed by atoms with Gasteiger partial charge in [0.15, 0.2) is 0 Å². The molecule has 0 saturated heterocycles. The van der Waals surface area contributed by atoms with Gasteiger partial charge in [-0.15, -0.1) is 0 Å². The van der Waals surface area contributed by atoms with Gasteiger partial charge < -0.3 is 15.1 Å². The monoisotopic (exact) mass is 244 g/mol. The van der Waals surface area contributed by atoms with E-state index in [9.17, 15) is 0 Å². The Morgan fingerprint density at radius 2 is 1.94 bits per heavy atom. The molecule has 0 spiro atoms. The summed E-state index contributed by atoms with van der Waals surface area (Å²) in [4.78, 5) is 2.19. The molecule has 3 nitrogen and oxygen atoms in total. The molecule has 96 valence electrons. The minimum absolute atomic E-state index is 0.531. The number of hydrogen-bond donors (Lipinski definition) is 1. The highest BCUT2D eigenvalue weighted by Gasteiger charge is 2.10. The van der Waals surface area contributed by atoms with Gasteiger partial charge in [-0.25, -0.2) is 0 Å². The summed E-state index contributed by atoms with van der Waals surface area (Å²) in [7, 11) is 2.07. The largest absolute Gasteiger partial charge is 0.464 e. The summed E-state index contributed by atoms with van der Waals surface area (Å²) in [6.07, 6.45) is 0. The first-order valence-corrected chi connectivity index (χ1v) is 6.17. The number of hydrogen-bond acceptors (Lipinski definition) is 3. The SMILES string of the molecule is Cc1ccccc1N(C)Cc1cc(CN)c(C)o1. The molecule has 1 aromatic heterocycles. The standard InChI is InChI=1S/C15H20N2O/c1-11-6-4-5-7-15(11)17(3)10-14-8-13(9-16)12(2)18-14/h4-8H,9-10,16H2,1-3H3. The van der Waals surface area contributed by atoms with Crippen molar-refractivity contribution in [2.24, 2.45) is 5.73 Å². The maximum Gasteiger partial charge on any atom is 0.123 e. The lowest BCUT2D eigenvalue weighted by atomic mass is 10.2. The van der Waals surface area contributed by atoms with E-state index in [-0.39, 0.29) is 0 Å². The third kappa shape index (κ3) is 2.57. The highest BCUT2D eigenvalue weighted by molar-refractivity contribution is 5.52. The predicted molar refractivity (Wildman–Crippen MR) is 74.6 cm³/mol. The number of para-hydroxylation sites is 1. The topological polar surface area (TPSA) is 42.4 Å². The minimum Gasteiger partial charge on any atom is -0.464 e. The molecule has 1 aromatic carbocycles. The highest BCUT2D eigenvalue weighted by Crippen LogP contribution is 2.22. The van der Waals surface area contributed by atoms with Crippen molar-refractivity contribution in [2.75, 3.05) is 11.9 Å². The van der Waals surface area contributed by atoms with Crippen LogP contribution in [0.5, 0.6) is 0 Å². The van der Waals surface area contributed by atoms with E-state index in [2.05, 4.69) is 43.1 Å². The number of rotatable bonds is 4. The van der Waals surface area contributed by atoms with Gasteiger partial charge >= 0.3 is 0 Å². The fourth-order valence-electron chi connectivity index (χ4n) is 2.18. The number of nitrogens with zero attached hydrogens (tertiary/aromatic N) is 1. The molecule has 0 fully saturated rings. The number of furan rings is 1. The maximum atomic E-state index is 5.72. The van der Waals surface area contributed by atoms with Crippen molar-refractivity contribution in [1.29, 1.82) is 0 Å². The van der Waals surface area contributed by atoms with Crippen LogP contribution in [0.15, 0.2) is 34.7 Å². The first-order chi connectivity index (χ1) is 8.61. The summed E-state index contributed by atoms with van der Waals surface area (Å²) >= 11 is 0. The van der Waals surface area contributed by atoms with Gasteiger partial charge in [-0.2, -0.15) is 0 Å². The van der Waals surface area contributed by atoms with Crippen molar-refractivity contribution in [2.45, 2.75) is 26.9 Å². The van der Waals surface area contributed by atoms with E-state index in [1.807, 2.05) is 13.0 Å². The summed E-state index contributed by atoms with van der Waals surface area (Å²) in [5, 5.41) is 0. The molecule has 2 N–H and O–H groups in total. The fourth-order valence-corrected chi connectivity index (χ4v) is 2.18. The number of benzene rings is 1. The molecular weight excluding hydrogens is 224 g/mol. The third-order valence-electron chi connectivity index (χ3n) is 3.21. The van der Waals surface area contributed by atoms with Gasteiger partial charge in [-0.3, -0.25) is 0 Å². The zero-order chi connectivity index (χ0) is 13.1. The van der Waals surface area contributed by atoms with E-state index < -0.39 is 0 Å². The van der Waals surface area contributed by atoms with Gasteiger partial charge in [0, 0.05) is 24.8 Å². The van der Waals surface area contributed by atoms with Gasteiger partial charge in [0.25, 0.3) is 0 Å². The normalized spacial score (nSPS) is 10.7. The number of nitrogens with two attached hydrogens (primary N) is 1. The van der Waals surface area contributed by atoms with E-state index in [0.29, 0.717) is 6.54 Å². The van der Waals surface area contributed by atoms with Crippen molar-refractivity contribution < 1.29 is 4.42 Å². The molecular formula is C15H20N2O. The lowest BCUT2D eigenvalue weighted by molar-refractivity contribution is 0.479. The summed E-state index contributed by atoms with van der Waals surface area (Å²) in [6, 6.07) is 10.4. The second-order valence-electron chi connectivity index (χ2n) is 4.64. The minimum atomic E-state index is 0.531. The van der Waals surface area contributed by atoms with Crippen molar-refractivity contribution in [1.82, 2.24) is 0 Å². The first-order valence-electron chi connectivity index (χ1n) is 6.17. The van der Waals surface area contributed by atoms with Gasteiger partial charge in [0.05, 0.1) is 6.54 Å². The predicted octanol–water partition coefficient (Wildman–Crippen LogP) is 2.99. The highest BCUT2D eigenvalue weighted by atomic mass is 16.3. The van der Waals surface area contributed by atoms with Gasteiger partial charge in [-0.05, 0) is 31.5 Å². The smallest absolute Gasteiger partial charge is 0.123 e. The molecule has 2 aromatic rings. The Kier molecular flexibility index (Phi) is 3.72. The van der Waals surface area contributed by atoms with E-state index in [0.717, 1.165) is 23.6 Å². The zero-order valence-corrected chi connectivity index (χ0v) is 11.2. The average Bonchev–Trinajstić information content (AvgIpc) is 2.69. The van der Waals surface area contributed by atoms with E-state index in [1.54, 1.807) is 0 Å². The lowest BCUT2D eigenvalue weighted by Gasteiger charge is -2.20. The van der Waals surface area contributed by atoms with Gasteiger partial charge in [0.2, 0.25) is 0 Å². The molecule has 3 heteroatoms. The number of anilines is 1. The molecule has 0 unspecified atom stereocenters. The van der Waals surface area contributed by atoms with Crippen molar-refractivity contribution >= 4 is 5.69 Å². The van der Waals surface area contributed by atoms with Gasteiger partial charge in [0.1, 0.15) is 11.5 Å². The molecule has 0 saturated carbocycles. The van der Waals surface area contributed by atoms with Crippen LogP contribution in [-0.2, 0) is 13.1 Å². The molecule has 0 aliphatic carbocycles. The average molecular weight is 244 g/mol. The van der Waals surface area contributed by atoms with Crippen LogP contribution in [-0.4, -0.2) is 7.05 Å². The van der Waals surface area contributed by atoms with Crippen LogP contribution < -0.4 is 10.6 Å². The van der Waals surface area contributed by atoms with Crippen molar-refractivity contribution in [3.8, 4) is 0 Å². The Bertz CT molecular complexity index is 531. The Labute approximate surface area is 108 Å². The molecule has 0 bridgehead atoms. The molecule has 1 heterocycles. The van der Waals surface area contributed by atoms with Crippen LogP contribution in [0.3, 0.4) is 0 Å². The number of aryl methyl sites for hydroxylation is 2. The van der Waals surface area contributed by atoms with E-state index in [1.165, 1.54) is 11.3 Å². The maximum absolute atomic E-state index is 5.72. The van der Waals surface area contributed by atoms with Crippen molar-refractivity contribution in [3.63, 3.8) is 0 Å². The summed E-state index contributed by atoms with van der Waals surface area (Å²) in [6.45, 7) is 5.36. The van der Waals surface area contributed by atoms with Crippen molar-refractivity contribution in [3.05, 3.63) is 53.0 Å². The molecule has 0 atom stereocenters. The Hall–Kier alpha value is -1.74. The summed E-state index contributed by atoms with van der Waals surface area (Å²) in [5.41, 5.74) is 9.23. The Morgan fingerprint density at radius 3 is 2.56 bits per heavy atom. The van der Waals surface area contributed by atoms with Crippen LogP contribution in [0.25, 0.3) is 0 Å².